The monoisotopic (exact) mass is 387 g/mol. The summed E-state index contributed by atoms with van der Waals surface area (Å²) in [5.74, 6) is -0.487. The topological polar surface area (TPSA) is 118 Å². The smallest absolute Gasteiger partial charge is 0.356 e. The molecule has 0 radical (unpaired) electrons. The first kappa shape index (κ1) is 19.3. The molecular weight excluding hydrogens is 365 g/mol. The Labute approximate surface area is 157 Å². The van der Waals surface area contributed by atoms with E-state index < -0.39 is 13.5 Å². The predicted octanol–water partition coefficient (Wildman–Crippen LogP) is 2.11. The summed E-state index contributed by atoms with van der Waals surface area (Å²) in [5.41, 5.74) is 9.22. The normalized spacial score (nSPS) is 11.9. The quantitative estimate of drug-likeness (QED) is 0.560. The fourth-order valence-corrected chi connectivity index (χ4v) is 4.43. The van der Waals surface area contributed by atoms with Crippen molar-refractivity contribution in [3.63, 3.8) is 0 Å². The van der Waals surface area contributed by atoms with Crippen LogP contribution in [-0.2, 0) is 24.0 Å². The predicted molar refractivity (Wildman–Crippen MR) is 104 cm³/mol. The minimum atomic E-state index is -4.32. The Balaban J connectivity index is 2.07. The maximum absolute atomic E-state index is 11.8. The second-order valence-electron chi connectivity index (χ2n) is 6.39. The van der Waals surface area contributed by atoms with Gasteiger partial charge in [0.1, 0.15) is 0 Å². The number of nitrogens with zero attached hydrogens (tertiary/aromatic N) is 2. The number of hydrogen-bond donors (Lipinski definition) is 3. The molecule has 0 atom stereocenters. The molecule has 0 saturated carbocycles. The maximum Gasteiger partial charge on any atom is 0.356 e. The highest BCUT2D eigenvalue weighted by molar-refractivity contribution is 7.60. The molecule has 0 bridgehead atoms. The zero-order valence-electron chi connectivity index (χ0n) is 15.2. The van der Waals surface area contributed by atoms with E-state index in [1.165, 1.54) is 6.07 Å². The Morgan fingerprint density at radius 1 is 1.15 bits per heavy atom. The molecule has 7 nitrogen and oxygen atoms in total. The van der Waals surface area contributed by atoms with E-state index in [0.717, 1.165) is 22.0 Å². The summed E-state index contributed by atoms with van der Waals surface area (Å²) in [5, 5.41) is 5.32. The van der Waals surface area contributed by atoms with Gasteiger partial charge in [-0.25, -0.2) is 0 Å². The van der Waals surface area contributed by atoms with E-state index in [1.54, 1.807) is 30.5 Å². The van der Waals surface area contributed by atoms with Crippen LogP contribution in [0.2, 0.25) is 0 Å². The first-order valence-electron chi connectivity index (χ1n) is 8.71. The van der Waals surface area contributed by atoms with Crippen LogP contribution in [0.25, 0.3) is 10.9 Å². The average molecular weight is 387 g/mol. The summed E-state index contributed by atoms with van der Waals surface area (Å²) in [6.07, 6.45) is 2.88. The molecule has 1 heterocycles. The van der Waals surface area contributed by atoms with Crippen molar-refractivity contribution in [3.05, 3.63) is 58.8 Å². The van der Waals surface area contributed by atoms with Gasteiger partial charge in [-0.3, -0.25) is 14.0 Å². The third kappa shape index (κ3) is 3.67. The largest absolute Gasteiger partial charge is 0.366 e. The van der Waals surface area contributed by atoms with Crippen molar-refractivity contribution in [2.75, 3.05) is 0 Å². The Kier molecular flexibility index (Phi) is 5.20. The van der Waals surface area contributed by atoms with Crippen LogP contribution in [0.15, 0.2) is 36.5 Å². The highest BCUT2D eigenvalue weighted by atomic mass is 31.2. The average Bonchev–Trinajstić information content (AvgIpc) is 3.02. The summed E-state index contributed by atoms with van der Waals surface area (Å²) in [4.78, 5) is 30.6. The standard InChI is InChI=1S/C19H22N3O4P/c1-3-15-13(6-8-18(16(15)4-2)27(24,25)26)11-22-17-7-5-12(19(20)23)9-14(17)10-21-22/h5-10H,3-4,11H2,1-2H3,(H2,20,23)(H2,24,25,26). The maximum atomic E-state index is 11.8. The Bertz CT molecular complexity index is 1070. The van der Waals surface area contributed by atoms with Gasteiger partial charge in [-0.05, 0) is 53.8 Å². The molecule has 1 amide bonds. The molecule has 8 heteroatoms. The lowest BCUT2D eigenvalue weighted by Gasteiger charge is -2.18. The lowest BCUT2D eigenvalue weighted by molar-refractivity contribution is 0.100. The zero-order valence-corrected chi connectivity index (χ0v) is 16.1. The molecular formula is C19H22N3O4P. The van der Waals surface area contributed by atoms with Crippen molar-refractivity contribution in [3.8, 4) is 0 Å². The van der Waals surface area contributed by atoms with Gasteiger partial charge in [-0.1, -0.05) is 19.9 Å². The first-order valence-corrected chi connectivity index (χ1v) is 10.3. The van der Waals surface area contributed by atoms with Gasteiger partial charge >= 0.3 is 7.60 Å². The Hall–Kier alpha value is -2.47. The Morgan fingerprint density at radius 3 is 2.44 bits per heavy atom. The van der Waals surface area contributed by atoms with Gasteiger partial charge in [0.25, 0.3) is 0 Å². The van der Waals surface area contributed by atoms with E-state index >= 15 is 0 Å². The minimum Gasteiger partial charge on any atom is -0.366 e. The molecule has 0 saturated heterocycles. The van der Waals surface area contributed by atoms with Crippen LogP contribution in [-0.4, -0.2) is 25.5 Å². The van der Waals surface area contributed by atoms with Crippen molar-refractivity contribution in [1.82, 2.24) is 9.78 Å². The first-order chi connectivity index (χ1) is 12.8. The number of carbonyl (C=O) groups excluding carboxylic acids is 1. The third-order valence-electron chi connectivity index (χ3n) is 4.77. The second kappa shape index (κ2) is 7.27. The number of carbonyl (C=O) groups is 1. The molecule has 3 aromatic rings. The van der Waals surface area contributed by atoms with Crippen molar-refractivity contribution < 1.29 is 19.1 Å². The van der Waals surface area contributed by atoms with Crippen LogP contribution in [0.1, 0.15) is 40.9 Å². The van der Waals surface area contributed by atoms with Crippen LogP contribution in [0.5, 0.6) is 0 Å². The number of amides is 1. The molecule has 2 aromatic carbocycles. The summed E-state index contributed by atoms with van der Waals surface area (Å²) in [6, 6.07) is 8.45. The van der Waals surface area contributed by atoms with E-state index in [0.29, 0.717) is 30.5 Å². The van der Waals surface area contributed by atoms with Crippen molar-refractivity contribution in [2.24, 2.45) is 5.73 Å². The van der Waals surface area contributed by atoms with Crippen LogP contribution < -0.4 is 11.0 Å². The number of rotatable bonds is 6. The molecule has 4 N–H and O–H groups in total. The van der Waals surface area contributed by atoms with Gasteiger partial charge in [0, 0.05) is 10.9 Å². The Morgan fingerprint density at radius 2 is 1.85 bits per heavy atom. The van der Waals surface area contributed by atoms with Crippen LogP contribution >= 0.6 is 7.60 Å². The van der Waals surface area contributed by atoms with Crippen molar-refractivity contribution >= 4 is 29.7 Å². The van der Waals surface area contributed by atoms with E-state index in [4.69, 9.17) is 5.73 Å². The summed E-state index contributed by atoms with van der Waals surface area (Å²) < 4.78 is 13.6. The van der Waals surface area contributed by atoms with Gasteiger partial charge in [0.05, 0.1) is 23.6 Å². The number of aromatic nitrogens is 2. The summed E-state index contributed by atoms with van der Waals surface area (Å²) in [6.45, 7) is 4.34. The molecule has 142 valence electrons. The van der Waals surface area contributed by atoms with Crippen LogP contribution in [0.4, 0.5) is 0 Å². The SMILES string of the molecule is CCc1c(Cn2ncc3cc(C(N)=O)ccc32)ccc(P(=O)(O)O)c1CC. The lowest BCUT2D eigenvalue weighted by Crippen LogP contribution is -2.16. The van der Waals surface area contributed by atoms with Crippen molar-refractivity contribution in [2.45, 2.75) is 33.2 Å². The number of benzene rings is 2. The molecule has 0 aliphatic carbocycles. The van der Waals surface area contributed by atoms with Crippen LogP contribution in [0, 0.1) is 0 Å². The minimum absolute atomic E-state index is 0.0991. The van der Waals surface area contributed by atoms with Gasteiger partial charge in [0.2, 0.25) is 5.91 Å². The molecule has 1 aromatic heterocycles. The van der Waals surface area contributed by atoms with E-state index in [-0.39, 0.29) is 5.30 Å². The van der Waals surface area contributed by atoms with Crippen molar-refractivity contribution in [1.29, 1.82) is 0 Å². The number of hydrogen-bond acceptors (Lipinski definition) is 3. The van der Waals surface area contributed by atoms with Gasteiger partial charge in [0.15, 0.2) is 0 Å². The zero-order chi connectivity index (χ0) is 19.8. The fraction of sp³-hybridized carbons (Fsp3) is 0.263. The molecule has 0 fully saturated rings. The van der Waals surface area contributed by atoms with Crippen LogP contribution in [0.3, 0.4) is 0 Å². The summed E-state index contributed by atoms with van der Waals surface area (Å²) in [7, 11) is -4.32. The van der Waals surface area contributed by atoms with Gasteiger partial charge in [-0.15, -0.1) is 0 Å². The number of fused-ring (bicyclic) bond motifs is 1. The third-order valence-corrected chi connectivity index (χ3v) is 5.82. The highest BCUT2D eigenvalue weighted by Crippen LogP contribution is 2.36. The highest BCUT2D eigenvalue weighted by Gasteiger charge is 2.24. The fourth-order valence-electron chi connectivity index (χ4n) is 3.51. The second-order valence-corrected chi connectivity index (χ2v) is 7.96. The molecule has 0 aliphatic rings. The molecule has 3 rings (SSSR count). The van der Waals surface area contributed by atoms with Gasteiger partial charge in [-0.2, -0.15) is 5.10 Å². The lowest BCUT2D eigenvalue weighted by atomic mass is 9.97. The molecule has 27 heavy (non-hydrogen) atoms. The van der Waals surface area contributed by atoms with E-state index in [1.807, 2.05) is 18.5 Å². The van der Waals surface area contributed by atoms with Gasteiger partial charge < -0.3 is 15.5 Å². The summed E-state index contributed by atoms with van der Waals surface area (Å²) >= 11 is 0. The number of primary amides is 1. The number of nitrogens with two attached hydrogens (primary N) is 1. The van der Waals surface area contributed by atoms with E-state index in [9.17, 15) is 19.1 Å². The molecule has 0 aliphatic heterocycles. The van der Waals surface area contributed by atoms with E-state index in [2.05, 4.69) is 5.10 Å². The molecule has 0 spiro atoms. The molecule has 0 unspecified atom stereocenters.